The van der Waals surface area contributed by atoms with Crippen molar-refractivity contribution in [2.45, 2.75) is 78.3 Å². The Labute approximate surface area is 208 Å². The molecule has 0 amide bonds. The van der Waals surface area contributed by atoms with Crippen LogP contribution in [-0.4, -0.2) is 36.4 Å². The summed E-state index contributed by atoms with van der Waals surface area (Å²) >= 11 is 0. The van der Waals surface area contributed by atoms with Crippen LogP contribution in [0.25, 0.3) is 17.2 Å². The van der Waals surface area contributed by atoms with E-state index in [1.165, 1.54) is 12.1 Å². The lowest BCUT2D eigenvalue weighted by atomic mass is 9.92. The smallest absolute Gasteiger partial charge is 0.305 e. The van der Waals surface area contributed by atoms with Crippen LogP contribution in [-0.2, 0) is 20.6 Å². The van der Waals surface area contributed by atoms with E-state index in [1.807, 2.05) is 26.0 Å². The maximum atomic E-state index is 14.7. The summed E-state index contributed by atoms with van der Waals surface area (Å²) < 4.78 is 20.9. The molecule has 5 nitrogen and oxygen atoms in total. The number of carboxylic acids is 1. The number of carbonyl (C=O) groups excluding carboxylic acids is 1. The lowest BCUT2D eigenvalue weighted by Gasteiger charge is -2.36. The number of aliphatic carboxylic acids is 1. The molecule has 0 saturated carbocycles. The Morgan fingerprint density at radius 3 is 2.37 bits per heavy atom. The Morgan fingerprint density at radius 2 is 1.77 bits per heavy atom. The van der Waals surface area contributed by atoms with Crippen LogP contribution in [0.2, 0.25) is 18.1 Å². The second kappa shape index (κ2) is 11.4. The Bertz CT molecular complexity index is 1120. The van der Waals surface area contributed by atoms with Crippen LogP contribution >= 0.6 is 0 Å². The maximum absolute atomic E-state index is 14.7. The van der Waals surface area contributed by atoms with Crippen molar-refractivity contribution in [2.24, 2.45) is 0 Å². The highest BCUT2D eigenvalue weighted by molar-refractivity contribution is 6.74. The van der Waals surface area contributed by atoms with Gasteiger partial charge in [-0.3, -0.25) is 9.59 Å². The number of carboxylic acid groups (broad SMARTS) is 1. The Morgan fingerprint density at radius 1 is 1.11 bits per heavy atom. The minimum absolute atomic E-state index is 0.0112. The van der Waals surface area contributed by atoms with Crippen molar-refractivity contribution in [1.82, 2.24) is 0 Å². The van der Waals surface area contributed by atoms with Gasteiger partial charge in [0.05, 0.1) is 19.1 Å². The standard InChI is InChI=1S/C28H37FO5Si/c1-18-12-19(2)24(10-9-22(30)15-23(31)16-27(32)33)25(13-18)20-8-11-26(29)21(14-20)17-34-35(6,7)28(3,4)5/h8-14,23,31H,15-17H2,1-7H3,(H,32,33). The molecule has 35 heavy (non-hydrogen) atoms. The van der Waals surface area contributed by atoms with Gasteiger partial charge in [-0.2, -0.15) is 0 Å². The van der Waals surface area contributed by atoms with Gasteiger partial charge in [0, 0.05) is 12.0 Å². The number of aliphatic hydroxyl groups is 1. The number of hydrogen-bond acceptors (Lipinski definition) is 4. The number of benzene rings is 2. The number of hydrogen-bond donors (Lipinski definition) is 2. The van der Waals surface area contributed by atoms with Gasteiger partial charge in [0.25, 0.3) is 0 Å². The van der Waals surface area contributed by atoms with Crippen LogP contribution in [0.5, 0.6) is 0 Å². The van der Waals surface area contributed by atoms with E-state index in [0.29, 0.717) is 5.56 Å². The van der Waals surface area contributed by atoms with Gasteiger partial charge >= 0.3 is 5.97 Å². The van der Waals surface area contributed by atoms with E-state index in [-0.39, 0.29) is 29.7 Å². The summed E-state index contributed by atoms with van der Waals surface area (Å²) in [6.45, 7) is 14.8. The lowest BCUT2D eigenvalue weighted by molar-refractivity contribution is -0.139. The average Bonchev–Trinajstić information content (AvgIpc) is 2.70. The summed E-state index contributed by atoms with van der Waals surface area (Å²) in [6, 6.07) is 8.94. The molecule has 2 aromatic carbocycles. The molecular formula is C28H37FO5Si. The molecule has 0 bridgehead atoms. The van der Waals surface area contributed by atoms with Crippen molar-refractivity contribution in [3.8, 4) is 11.1 Å². The number of rotatable bonds is 10. The van der Waals surface area contributed by atoms with Crippen molar-refractivity contribution in [1.29, 1.82) is 0 Å². The summed E-state index contributed by atoms with van der Waals surface area (Å²) in [5.74, 6) is -1.85. The van der Waals surface area contributed by atoms with E-state index in [1.54, 1.807) is 18.2 Å². The highest BCUT2D eigenvalue weighted by Gasteiger charge is 2.37. The number of ketones is 1. The van der Waals surface area contributed by atoms with Crippen molar-refractivity contribution in [3.63, 3.8) is 0 Å². The van der Waals surface area contributed by atoms with Crippen LogP contribution in [0, 0.1) is 19.7 Å². The Kier molecular flexibility index (Phi) is 9.34. The molecule has 0 fully saturated rings. The molecule has 0 heterocycles. The topological polar surface area (TPSA) is 83.8 Å². The van der Waals surface area contributed by atoms with Crippen molar-refractivity contribution < 1.29 is 28.6 Å². The predicted octanol–water partition coefficient (Wildman–Crippen LogP) is 6.44. The Balaban J connectivity index is 2.38. The molecule has 0 aliphatic carbocycles. The van der Waals surface area contributed by atoms with Crippen LogP contribution in [0.4, 0.5) is 4.39 Å². The lowest BCUT2D eigenvalue weighted by Crippen LogP contribution is -2.40. The number of aliphatic hydroxyl groups excluding tert-OH is 1. The van der Waals surface area contributed by atoms with Gasteiger partial charge in [-0.15, -0.1) is 0 Å². The summed E-state index contributed by atoms with van der Waals surface area (Å²) in [6.07, 6.45) is 1.05. The Hall–Kier alpha value is -2.61. The van der Waals surface area contributed by atoms with Gasteiger partial charge in [0.1, 0.15) is 5.82 Å². The van der Waals surface area contributed by atoms with Gasteiger partial charge in [0.15, 0.2) is 14.1 Å². The highest BCUT2D eigenvalue weighted by Crippen LogP contribution is 2.37. The van der Waals surface area contributed by atoms with Gasteiger partial charge in [0.2, 0.25) is 0 Å². The SMILES string of the molecule is Cc1cc(C)c(C=CC(=O)CC(O)CC(=O)O)c(-c2ccc(F)c(CO[Si](C)(C)C(C)(C)C)c2)c1. The van der Waals surface area contributed by atoms with E-state index in [0.717, 1.165) is 27.8 Å². The molecule has 0 aliphatic heterocycles. The molecule has 190 valence electrons. The van der Waals surface area contributed by atoms with E-state index in [2.05, 4.69) is 33.9 Å². The van der Waals surface area contributed by atoms with E-state index < -0.39 is 26.8 Å². The largest absolute Gasteiger partial charge is 0.481 e. The fourth-order valence-electron chi connectivity index (χ4n) is 3.52. The van der Waals surface area contributed by atoms with Crippen LogP contribution in [0.3, 0.4) is 0 Å². The average molecular weight is 501 g/mol. The molecule has 0 radical (unpaired) electrons. The third-order valence-corrected chi connectivity index (χ3v) is 11.0. The monoisotopic (exact) mass is 500 g/mol. The van der Waals surface area contributed by atoms with Crippen molar-refractivity contribution in [3.05, 3.63) is 64.5 Å². The van der Waals surface area contributed by atoms with Crippen LogP contribution in [0.15, 0.2) is 36.4 Å². The van der Waals surface area contributed by atoms with E-state index >= 15 is 0 Å². The summed E-state index contributed by atoms with van der Waals surface area (Å²) in [5, 5.41) is 18.5. The number of carbonyl (C=O) groups is 2. The third kappa shape index (κ3) is 7.95. The molecule has 0 aliphatic rings. The molecule has 0 aromatic heterocycles. The zero-order chi connectivity index (χ0) is 26.6. The van der Waals surface area contributed by atoms with E-state index in [9.17, 15) is 19.1 Å². The van der Waals surface area contributed by atoms with Crippen LogP contribution in [0.1, 0.15) is 55.9 Å². The van der Waals surface area contributed by atoms with Crippen molar-refractivity contribution in [2.75, 3.05) is 0 Å². The molecule has 2 N–H and O–H groups in total. The minimum atomic E-state index is -2.06. The quantitative estimate of drug-likeness (QED) is 0.290. The summed E-state index contributed by atoms with van der Waals surface area (Å²) in [7, 11) is -2.06. The van der Waals surface area contributed by atoms with Crippen LogP contribution < -0.4 is 0 Å². The normalized spacial score (nSPS) is 13.3. The van der Waals surface area contributed by atoms with Gasteiger partial charge < -0.3 is 14.6 Å². The van der Waals surface area contributed by atoms with Gasteiger partial charge in [-0.1, -0.05) is 50.6 Å². The van der Waals surface area contributed by atoms with Gasteiger partial charge in [-0.05, 0) is 72.4 Å². The summed E-state index contributed by atoms with van der Waals surface area (Å²) in [5.41, 5.74) is 4.92. The number of allylic oxidation sites excluding steroid dienone is 1. The molecule has 0 spiro atoms. The molecule has 0 saturated heterocycles. The molecule has 1 unspecified atom stereocenters. The minimum Gasteiger partial charge on any atom is -0.481 e. The second-order valence-corrected chi connectivity index (χ2v) is 15.5. The summed E-state index contributed by atoms with van der Waals surface area (Å²) in [4.78, 5) is 23.0. The fourth-order valence-corrected chi connectivity index (χ4v) is 4.47. The zero-order valence-electron chi connectivity index (χ0n) is 21.7. The van der Waals surface area contributed by atoms with Crippen molar-refractivity contribution >= 4 is 26.1 Å². The molecule has 1 atom stereocenters. The molecule has 2 aromatic rings. The fraction of sp³-hybridized carbons (Fsp3) is 0.429. The number of halogens is 1. The highest BCUT2D eigenvalue weighted by atomic mass is 28.4. The maximum Gasteiger partial charge on any atom is 0.305 e. The first-order valence-corrected chi connectivity index (χ1v) is 14.7. The third-order valence-electron chi connectivity index (χ3n) is 6.57. The van der Waals surface area contributed by atoms with Gasteiger partial charge in [-0.25, -0.2) is 4.39 Å². The molecular weight excluding hydrogens is 463 g/mol. The second-order valence-electron chi connectivity index (χ2n) is 10.7. The zero-order valence-corrected chi connectivity index (χ0v) is 22.7. The first-order chi connectivity index (χ1) is 16.1. The predicted molar refractivity (Wildman–Crippen MR) is 140 cm³/mol. The van der Waals surface area contributed by atoms with E-state index in [4.69, 9.17) is 9.53 Å². The molecule has 7 heteroatoms. The first kappa shape index (κ1) is 28.6. The first-order valence-electron chi connectivity index (χ1n) is 11.8. The number of aryl methyl sites for hydroxylation is 2. The molecule has 2 rings (SSSR count).